The van der Waals surface area contributed by atoms with Crippen LogP contribution in [-0.2, 0) is 33.8 Å². The van der Waals surface area contributed by atoms with Gasteiger partial charge in [0.25, 0.3) is 11.8 Å². The van der Waals surface area contributed by atoms with Crippen molar-refractivity contribution in [3.05, 3.63) is 125 Å². The van der Waals surface area contributed by atoms with Gasteiger partial charge in [-0.2, -0.15) is 9.97 Å². The summed E-state index contributed by atoms with van der Waals surface area (Å²) in [7, 11) is 5.07. The van der Waals surface area contributed by atoms with Crippen LogP contribution in [0.2, 0.25) is 0 Å². The number of imide groups is 1. The molecule has 14 nitrogen and oxygen atoms in total. The van der Waals surface area contributed by atoms with E-state index in [1.165, 1.54) is 16.9 Å². The number of rotatable bonds is 11. The number of carbonyl (C=O) groups is 4. The summed E-state index contributed by atoms with van der Waals surface area (Å²) in [5.41, 5.74) is 4.30. The number of anilines is 2. The second-order valence-electron chi connectivity index (χ2n) is 14.9. The Hall–Kier alpha value is -6.54. The molecule has 1 fully saturated rings. The highest BCUT2D eigenvalue weighted by atomic mass is 16.6. The van der Waals surface area contributed by atoms with E-state index < -0.39 is 24.2 Å². The fourth-order valence-electron chi connectivity index (χ4n) is 8.02. The lowest BCUT2D eigenvalue weighted by molar-refractivity contribution is -0.146. The number of likely N-dealkylation sites (N-methyl/N-ethyl adjacent to an activating group) is 1. The highest BCUT2D eigenvalue weighted by Crippen LogP contribution is 2.35. The zero-order chi connectivity index (χ0) is 40.3. The molecule has 4 aromatic carbocycles. The van der Waals surface area contributed by atoms with E-state index in [4.69, 9.17) is 24.2 Å². The third kappa shape index (κ3) is 7.75. The molecule has 5 aromatic rings. The Labute approximate surface area is 336 Å². The van der Waals surface area contributed by atoms with Gasteiger partial charge in [-0.1, -0.05) is 78.9 Å². The SMILES string of the molecule is COC(=O)C1CN(c2nc(OC(CN(C)C)CN3C(=O)c4ccccc4C3=O)nc3c2CCN(c2cccc4ccccc24)C3)CCN1C(=O)OCc1ccccc1. The molecule has 0 radical (unpaired) electrons. The van der Waals surface area contributed by atoms with E-state index in [2.05, 4.69) is 35.2 Å². The Balaban J connectivity index is 1.11. The van der Waals surface area contributed by atoms with Crippen molar-refractivity contribution in [2.45, 2.75) is 31.7 Å². The van der Waals surface area contributed by atoms with Crippen LogP contribution < -0.4 is 14.5 Å². The van der Waals surface area contributed by atoms with E-state index in [1.807, 2.05) is 66.4 Å². The van der Waals surface area contributed by atoms with Gasteiger partial charge in [0.15, 0.2) is 6.04 Å². The first-order valence-corrected chi connectivity index (χ1v) is 19.4. The molecule has 1 saturated heterocycles. The highest BCUT2D eigenvalue weighted by Gasteiger charge is 2.40. The summed E-state index contributed by atoms with van der Waals surface area (Å²) < 4.78 is 17.4. The van der Waals surface area contributed by atoms with E-state index >= 15 is 0 Å². The molecule has 8 rings (SSSR count). The second-order valence-corrected chi connectivity index (χ2v) is 14.9. The number of nitrogens with zero attached hydrogens (tertiary/aromatic N) is 7. The van der Waals surface area contributed by atoms with Gasteiger partial charge < -0.3 is 28.9 Å². The molecular formula is C44H45N7O7. The molecule has 298 valence electrons. The third-order valence-electron chi connectivity index (χ3n) is 10.8. The van der Waals surface area contributed by atoms with Crippen LogP contribution in [-0.4, -0.2) is 121 Å². The van der Waals surface area contributed by atoms with Crippen LogP contribution in [0.25, 0.3) is 10.8 Å². The van der Waals surface area contributed by atoms with Crippen LogP contribution in [0.3, 0.4) is 0 Å². The van der Waals surface area contributed by atoms with Gasteiger partial charge in [-0.05, 0) is 49.7 Å². The fraction of sp³-hybridized carbons (Fsp3) is 0.318. The molecule has 3 amide bonds. The number of piperazine rings is 1. The van der Waals surface area contributed by atoms with Crippen molar-refractivity contribution in [3.8, 4) is 6.01 Å². The number of carbonyl (C=O) groups excluding carboxylic acids is 4. The van der Waals surface area contributed by atoms with E-state index in [0.717, 1.165) is 33.3 Å². The predicted molar refractivity (Wildman–Crippen MR) is 217 cm³/mol. The van der Waals surface area contributed by atoms with Gasteiger partial charge in [0.2, 0.25) is 0 Å². The minimum atomic E-state index is -0.969. The number of hydrogen-bond donors (Lipinski definition) is 0. The van der Waals surface area contributed by atoms with Crippen molar-refractivity contribution in [1.29, 1.82) is 0 Å². The summed E-state index contributed by atoms with van der Waals surface area (Å²) in [5.74, 6) is -0.734. The lowest BCUT2D eigenvalue weighted by atomic mass is 10.0. The molecule has 3 aliphatic heterocycles. The Morgan fingerprint density at radius 1 is 0.828 bits per heavy atom. The van der Waals surface area contributed by atoms with Gasteiger partial charge in [0.1, 0.15) is 18.5 Å². The number of esters is 1. The van der Waals surface area contributed by atoms with Gasteiger partial charge in [-0.25, -0.2) is 9.59 Å². The molecule has 0 aliphatic carbocycles. The highest BCUT2D eigenvalue weighted by molar-refractivity contribution is 6.21. The van der Waals surface area contributed by atoms with E-state index in [9.17, 15) is 19.2 Å². The first-order valence-electron chi connectivity index (χ1n) is 19.4. The van der Waals surface area contributed by atoms with Crippen LogP contribution in [0.5, 0.6) is 6.01 Å². The monoisotopic (exact) mass is 783 g/mol. The quantitative estimate of drug-likeness (QED) is 0.135. The molecule has 58 heavy (non-hydrogen) atoms. The van der Waals surface area contributed by atoms with E-state index in [0.29, 0.717) is 49.5 Å². The smallest absolute Gasteiger partial charge is 0.410 e. The van der Waals surface area contributed by atoms with Gasteiger partial charge in [-0.3, -0.25) is 19.4 Å². The average Bonchev–Trinajstić information content (AvgIpc) is 3.49. The first kappa shape index (κ1) is 38.3. The normalized spacial score (nSPS) is 17.0. The number of methoxy groups -OCH3 is 1. The molecule has 0 spiro atoms. The summed E-state index contributed by atoms with van der Waals surface area (Å²) in [6.07, 6.45) is -0.690. The summed E-state index contributed by atoms with van der Waals surface area (Å²) in [6.45, 7) is 2.17. The number of fused-ring (bicyclic) bond motifs is 3. The van der Waals surface area contributed by atoms with E-state index in [1.54, 1.807) is 24.3 Å². The van der Waals surface area contributed by atoms with Gasteiger partial charge in [0.05, 0.1) is 43.6 Å². The Kier molecular flexibility index (Phi) is 10.9. The summed E-state index contributed by atoms with van der Waals surface area (Å²) >= 11 is 0. The Morgan fingerprint density at radius 2 is 1.53 bits per heavy atom. The third-order valence-corrected chi connectivity index (χ3v) is 10.8. The number of benzene rings is 4. The maximum atomic E-state index is 13.4. The van der Waals surface area contributed by atoms with Crippen LogP contribution >= 0.6 is 0 Å². The average molecular weight is 784 g/mol. The second kappa shape index (κ2) is 16.5. The molecule has 4 heterocycles. The maximum Gasteiger partial charge on any atom is 0.410 e. The van der Waals surface area contributed by atoms with Gasteiger partial charge >= 0.3 is 18.1 Å². The number of hydrogen-bond acceptors (Lipinski definition) is 12. The topological polar surface area (TPSA) is 138 Å². The van der Waals surface area contributed by atoms with Crippen molar-refractivity contribution in [2.24, 2.45) is 0 Å². The molecular weight excluding hydrogens is 739 g/mol. The largest absolute Gasteiger partial charge is 0.467 e. The van der Waals surface area contributed by atoms with Crippen molar-refractivity contribution in [1.82, 2.24) is 24.7 Å². The maximum absolute atomic E-state index is 13.4. The van der Waals surface area contributed by atoms with Gasteiger partial charge in [-0.15, -0.1) is 0 Å². The van der Waals surface area contributed by atoms with E-state index in [-0.39, 0.29) is 44.1 Å². The molecule has 1 aromatic heterocycles. The summed E-state index contributed by atoms with van der Waals surface area (Å²) in [6, 6.07) is 29.8. The predicted octanol–water partition coefficient (Wildman–Crippen LogP) is 4.80. The fourth-order valence-corrected chi connectivity index (χ4v) is 8.02. The molecule has 0 saturated carbocycles. The minimum Gasteiger partial charge on any atom is -0.467 e. The van der Waals surface area contributed by atoms with Gasteiger partial charge in [0, 0.05) is 42.8 Å². The molecule has 0 bridgehead atoms. The van der Waals surface area contributed by atoms with Crippen LogP contribution in [0.1, 0.15) is 37.5 Å². The molecule has 14 heteroatoms. The molecule has 2 unspecified atom stereocenters. The zero-order valence-corrected chi connectivity index (χ0v) is 32.7. The minimum absolute atomic E-state index is 0.0172. The number of amides is 3. The summed E-state index contributed by atoms with van der Waals surface area (Å²) in [4.78, 5) is 72.4. The van der Waals surface area contributed by atoms with Crippen molar-refractivity contribution in [3.63, 3.8) is 0 Å². The molecule has 3 aliphatic rings. The van der Waals surface area contributed by atoms with Crippen LogP contribution in [0, 0.1) is 0 Å². The number of ether oxygens (including phenoxy) is 3. The first-order chi connectivity index (χ1) is 28.2. The zero-order valence-electron chi connectivity index (χ0n) is 32.7. The van der Waals surface area contributed by atoms with Crippen molar-refractivity contribution < 1.29 is 33.4 Å². The Morgan fingerprint density at radius 3 is 2.28 bits per heavy atom. The molecule has 2 atom stereocenters. The van der Waals surface area contributed by atoms with Crippen molar-refractivity contribution >= 4 is 46.2 Å². The standard InChI is InChI=1S/C44H45N7O7/c1-47(2)24-31(25-51-40(52)33-17-9-10-18-34(33)41(51)53)58-43-45-36-26-48(37-19-11-15-30-14-7-8-16-32(30)37)21-20-35(36)39(46-43)49-22-23-50(38(27-49)42(54)56-3)44(55)57-28-29-12-5-4-6-13-29/h4-19,31,38H,20-28H2,1-3H3. The van der Waals surface area contributed by atoms with Crippen molar-refractivity contribution in [2.75, 3.05) is 70.3 Å². The van der Waals surface area contributed by atoms with Crippen LogP contribution in [0.4, 0.5) is 16.3 Å². The number of aromatic nitrogens is 2. The lowest BCUT2D eigenvalue weighted by Crippen LogP contribution is -2.59. The summed E-state index contributed by atoms with van der Waals surface area (Å²) in [5, 5.41) is 2.26. The van der Waals surface area contributed by atoms with Crippen LogP contribution in [0.15, 0.2) is 97.1 Å². The lowest BCUT2D eigenvalue weighted by Gasteiger charge is -2.41. The Bertz CT molecular complexity index is 2320. The molecule has 0 N–H and O–H groups in total.